The molecule has 0 atom stereocenters. The first-order valence-electron chi connectivity index (χ1n) is 5.93. The van der Waals surface area contributed by atoms with Crippen LogP contribution < -0.4 is 0 Å². The third kappa shape index (κ3) is 4.05. The molecule has 0 unspecified atom stereocenters. The number of aliphatic carboxylic acids is 1. The van der Waals surface area contributed by atoms with Crippen LogP contribution in [0.1, 0.15) is 34.6 Å². The Morgan fingerprint density at radius 1 is 1.39 bits per heavy atom. The molecule has 102 valence electrons. The van der Waals surface area contributed by atoms with Crippen LogP contribution in [-0.4, -0.2) is 40.8 Å². The third-order valence-electron chi connectivity index (χ3n) is 2.45. The van der Waals surface area contributed by atoms with Crippen molar-refractivity contribution in [3.8, 4) is 0 Å². The molecule has 1 rings (SSSR count). The first kappa shape index (κ1) is 14.5. The van der Waals surface area contributed by atoms with Gasteiger partial charge in [0.2, 0.25) is 0 Å². The molecule has 1 amide bonds. The zero-order valence-electron chi connectivity index (χ0n) is 11.6. The van der Waals surface area contributed by atoms with E-state index in [2.05, 4.69) is 0 Å². The summed E-state index contributed by atoms with van der Waals surface area (Å²) in [7, 11) is 0. The molecule has 0 aliphatic carbocycles. The van der Waals surface area contributed by atoms with Gasteiger partial charge in [0.25, 0.3) is 0 Å². The van der Waals surface area contributed by atoms with E-state index < -0.39 is 17.7 Å². The number of nitrogens with zero attached hydrogens (tertiary/aromatic N) is 1. The molecule has 1 aliphatic rings. The highest BCUT2D eigenvalue weighted by Crippen LogP contribution is 2.27. The van der Waals surface area contributed by atoms with Gasteiger partial charge in [0, 0.05) is 12.0 Å². The molecule has 5 nitrogen and oxygen atoms in total. The number of carboxylic acid groups (broad SMARTS) is 1. The average molecular weight is 255 g/mol. The quantitative estimate of drug-likeness (QED) is 0.780. The van der Waals surface area contributed by atoms with E-state index in [1.54, 1.807) is 26.8 Å². The van der Waals surface area contributed by atoms with Gasteiger partial charge in [-0.05, 0) is 20.8 Å². The number of ether oxygens (including phenoxy) is 1. The summed E-state index contributed by atoms with van der Waals surface area (Å²) in [6, 6.07) is 0. The summed E-state index contributed by atoms with van der Waals surface area (Å²) in [5.74, 6) is -0.990. The summed E-state index contributed by atoms with van der Waals surface area (Å²) in [6.45, 7) is 9.70. The van der Waals surface area contributed by atoms with E-state index in [9.17, 15) is 9.59 Å². The number of amides is 1. The largest absolute Gasteiger partial charge is 0.478 e. The van der Waals surface area contributed by atoms with Crippen molar-refractivity contribution < 1.29 is 19.4 Å². The lowest BCUT2D eigenvalue weighted by atomic mass is 9.87. The van der Waals surface area contributed by atoms with Crippen LogP contribution in [0.3, 0.4) is 0 Å². The number of carbonyl (C=O) groups is 2. The Bertz CT molecular complexity index is 390. The lowest BCUT2D eigenvalue weighted by Crippen LogP contribution is -2.46. The fraction of sp³-hybridized carbons (Fsp3) is 0.692. The van der Waals surface area contributed by atoms with Gasteiger partial charge in [-0.25, -0.2) is 9.59 Å². The molecule has 1 aliphatic heterocycles. The van der Waals surface area contributed by atoms with Gasteiger partial charge in [0.05, 0.1) is 12.1 Å². The molecule has 0 aromatic heterocycles. The van der Waals surface area contributed by atoms with Crippen LogP contribution in [-0.2, 0) is 9.53 Å². The zero-order chi connectivity index (χ0) is 14.1. The van der Waals surface area contributed by atoms with E-state index in [1.165, 1.54) is 4.90 Å². The predicted octanol–water partition coefficient (Wildman–Crippen LogP) is 2.27. The zero-order valence-corrected chi connectivity index (χ0v) is 11.6. The highest BCUT2D eigenvalue weighted by molar-refractivity contribution is 5.88. The Morgan fingerprint density at radius 3 is 2.39 bits per heavy atom. The minimum Gasteiger partial charge on any atom is -0.478 e. The molecule has 0 spiro atoms. The van der Waals surface area contributed by atoms with Gasteiger partial charge in [0.15, 0.2) is 0 Å². The number of carbonyl (C=O) groups excluding carboxylic acids is 1. The highest BCUT2D eigenvalue weighted by atomic mass is 16.6. The van der Waals surface area contributed by atoms with Gasteiger partial charge in [0.1, 0.15) is 5.60 Å². The lowest BCUT2D eigenvalue weighted by molar-refractivity contribution is -0.133. The van der Waals surface area contributed by atoms with Crippen LogP contribution in [0.5, 0.6) is 0 Å². The monoisotopic (exact) mass is 255 g/mol. The summed E-state index contributed by atoms with van der Waals surface area (Å²) < 4.78 is 5.27. The maximum Gasteiger partial charge on any atom is 0.410 e. The summed E-state index contributed by atoms with van der Waals surface area (Å²) in [6.07, 6.45) is 1.23. The van der Waals surface area contributed by atoms with Gasteiger partial charge in [-0.15, -0.1) is 0 Å². The molecule has 1 N–H and O–H groups in total. The lowest BCUT2D eigenvalue weighted by Gasteiger charge is -2.36. The van der Waals surface area contributed by atoms with Gasteiger partial charge in [-0.3, -0.25) is 0 Å². The van der Waals surface area contributed by atoms with Crippen LogP contribution in [0.25, 0.3) is 0 Å². The molecule has 0 saturated carbocycles. The smallest absolute Gasteiger partial charge is 0.410 e. The van der Waals surface area contributed by atoms with Gasteiger partial charge < -0.3 is 14.7 Å². The van der Waals surface area contributed by atoms with E-state index >= 15 is 0 Å². The summed E-state index contributed by atoms with van der Waals surface area (Å²) in [5.41, 5.74) is -0.702. The van der Waals surface area contributed by atoms with E-state index in [1.807, 2.05) is 13.8 Å². The number of carboxylic acids is 1. The normalized spacial score (nSPS) is 19.2. The van der Waals surface area contributed by atoms with Crippen LogP contribution >= 0.6 is 0 Å². The minimum atomic E-state index is -0.990. The molecule has 1 heterocycles. The standard InChI is InChI=1S/C13H21NO4/c1-12(2,3)18-11(17)14-7-9(10(15)16)6-13(4,5)8-14/h6H,7-8H2,1-5H3,(H,15,16). The molecule has 0 fully saturated rings. The van der Waals surface area contributed by atoms with E-state index in [0.29, 0.717) is 6.54 Å². The van der Waals surface area contributed by atoms with E-state index in [-0.39, 0.29) is 17.5 Å². The maximum absolute atomic E-state index is 12.0. The second kappa shape index (κ2) is 4.63. The second-order valence-corrected chi connectivity index (χ2v) is 6.30. The Labute approximate surface area is 107 Å². The van der Waals surface area contributed by atoms with Crippen LogP contribution in [0, 0.1) is 5.41 Å². The Hall–Kier alpha value is -1.52. The van der Waals surface area contributed by atoms with Crippen molar-refractivity contribution in [3.63, 3.8) is 0 Å². The summed E-state index contributed by atoms with van der Waals surface area (Å²) >= 11 is 0. The van der Waals surface area contributed by atoms with Crippen molar-refractivity contribution in [2.75, 3.05) is 13.1 Å². The molecule has 0 saturated heterocycles. The van der Waals surface area contributed by atoms with Crippen LogP contribution in [0.15, 0.2) is 11.6 Å². The van der Waals surface area contributed by atoms with Crippen molar-refractivity contribution in [2.24, 2.45) is 5.41 Å². The van der Waals surface area contributed by atoms with Crippen molar-refractivity contribution in [1.29, 1.82) is 0 Å². The van der Waals surface area contributed by atoms with Gasteiger partial charge in [-0.1, -0.05) is 19.9 Å². The number of hydrogen-bond donors (Lipinski definition) is 1. The first-order chi connectivity index (χ1) is 8.00. The van der Waals surface area contributed by atoms with Crippen molar-refractivity contribution in [2.45, 2.75) is 40.2 Å². The molecular weight excluding hydrogens is 234 g/mol. The Balaban J connectivity index is 2.85. The molecule has 0 bridgehead atoms. The highest BCUT2D eigenvalue weighted by Gasteiger charge is 2.33. The van der Waals surface area contributed by atoms with Crippen molar-refractivity contribution in [3.05, 3.63) is 11.6 Å². The molecular formula is C13H21NO4. The molecule has 18 heavy (non-hydrogen) atoms. The Morgan fingerprint density at radius 2 is 1.94 bits per heavy atom. The minimum absolute atomic E-state index is 0.0909. The third-order valence-corrected chi connectivity index (χ3v) is 2.45. The van der Waals surface area contributed by atoms with E-state index in [0.717, 1.165) is 0 Å². The average Bonchev–Trinajstić information content (AvgIpc) is 2.12. The SMILES string of the molecule is CC1(C)C=C(C(=O)O)CN(C(=O)OC(C)(C)C)C1. The number of rotatable bonds is 1. The predicted molar refractivity (Wildman–Crippen MR) is 67.3 cm³/mol. The second-order valence-electron chi connectivity index (χ2n) is 6.30. The van der Waals surface area contributed by atoms with Gasteiger partial charge >= 0.3 is 12.1 Å². The molecule has 5 heteroatoms. The van der Waals surface area contributed by atoms with Gasteiger partial charge in [-0.2, -0.15) is 0 Å². The molecule has 0 aromatic carbocycles. The Kier molecular flexibility index (Phi) is 3.74. The summed E-state index contributed by atoms with van der Waals surface area (Å²) in [4.78, 5) is 24.4. The van der Waals surface area contributed by atoms with Crippen molar-refractivity contribution in [1.82, 2.24) is 4.90 Å². The maximum atomic E-state index is 12.0. The number of hydrogen-bond acceptors (Lipinski definition) is 3. The summed E-state index contributed by atoms with van der Waals surface area (Å²) in [5, 5.41) is 9.06. The molecule has 0 radical (unpaired) electrons. The fourth-order valence-electron chi connectivity index (χ4n) is 1.90. The van der Waals surface area contributed by atoms with Crippen LogP contribution in [0.2, 0.25) is 0 Å². The fourth-order valence-corrected chi connectivity index (χ4v) is 1.90. The van der Waals surface area contributed by atoms with E-state index in [4.69, 9.17) is 9.84 Å². The first-order valence-corrected chi connectivity index (χ1v) is 5.93. The van der Waals surface area contributed by atoms with Crippen molar-refractivity contribution >= 4 is 12.1 Å². The topological polar surface area (TPSA) is 66.8 Å². The molecule has 0 aromatic rings. The van der Waals surface area contributed by atoms with Crippen LogP contribution in [0.4, 0.5) is 4.79 Å².